The summed E-state index contributed by atoms with van der Waals surface area (Å²) in [7, 11) is 1.78. The molecule has 2 aliphatic heterocycles. The van der Waals surface area contributed by atoms with Crippen molar-refractivity contribution in [3.05, 3.63) is 54.4 Å². The number of aryl methyl sites for hydroxylation is 1. The van der Waals surface area contributed by atoms with E-state index in [1.54, 1.807) is 19.5 Å². The van der Waals surface area contributed by atoms with Gasteiger partial charge in [-0.3, -0.25) is 14.7 Å². The van der Waals surface area contributed by atoms with Crippen molar-refractivity contribution in [3.63, 3.8) is 0 Å². The van der Waals surface area contributed by atoms with Crippen molar-refractivity contribution in [2.24, 2.45) is 5.41 Å². The van der Waals surface area contributed by atoms with Gasteiger partial charge in [-0.25, -0.2) is 9.97 Å². The van der Waals surface area contributed by atoms with Gasteiger partial charge in [0.1, 0.15) is 6.33 Å². The van der Waals surface area contributed by atoms with E-state index in [1.165, 1.54) is 11.9 Å². The predicted octanol–water partition coefficient (Wildman–Crippen LogP) is 2.33. The van der Waals surface area contributed by atoms with Gasteiger partial charge in [-0.2, -0.15) is 0 Å². The molecule has 160 valence electrons. The van der Waals surface area contributed by atoms with Crippen LogP contribution in [0.5, 0.6) is 0 Å². The van der Waals surface area contributed by atoms with E-state index in [2.05, 4.69) is 25.9 Å². The van der Waals surface area contributed by atoms with Crippen LogP contribution >= 0.6 is 0 Å². The second-order valence-corrected chi connectivity index (χ2v) is 8.71. The fraction of sp³-hybridized carbons (Fsp3) is 0.565. The number of nitrogens with zero attached hydrogens (tertiary/aromatic N) is 5. The van der Waals surface area contributed by atoms with Crippen molar-refractivity contribution >= 4 is 5.91 Å². The standard InChI is InChI=1S/C23H31N5O2/c1-30-16-21-11-23(17-28(21)15-20-3-2-8-24-14-20)6-9-27(10-7-23)22(29)5-4-19-12-25-18-26-13-19/h2-3,8,12-14,18,21H,4-7,9-11,15-17H2,1H3/t21-/m1/s1. The van der Waals surface area contributed by atoms with Crippen LogP contribution in [0.25, 0.3) is 0 Å². The van der Waals surface area contributed by atoms with Gasteiger partial charge in [-0.05, 0) is 48.3 Å². The summed E-state index contributed by atoms with van der Waals surface area (Å²) in [4.78, 5) is 29.6. The molecule has 2 saturated heterocycles. The number of aromatic nitrogens is 3. The van der Waals surface area contributed by atoms with Gasteiger partial charge < -0.3 is 9.64 Å². The molecule has 1 amide bonds. The monoisotopic (exact) mass is 409 g/mol. The van der Waals surface area contributed by atoms with Crippen LogP contribution in [0, 0.1) is 5.41 Å². The summed E-state index contributed by atoms with van der Waals surface area (Å²) in [6.45, 7) is 4.43. The van der Waals surface area contributed by atoms with E-state index in [9.17, 15) is 4.79 Å². The second kappa shape index (κ2) is 9.62. The third-order valence-electron chi connectivity index (χ3n) is 6.61. The highest BCUT2D eigenvalue weighted by Gasteiger charge is 2.45. The van der Waals surface area contributed by atoms with Crippen molar-refractivity contribution < 1.29 is 9.53 Å². The van der Waals surface area contributed by atoms with E-state index in [4.69, 9.17) is 4.74 Å². The Morgan fingerprint density at radius 1 is 1.17 bits per heavy atom. The minimum atomic E-state index is 0.243. The van der Waals surface area contributed by atoms with Gasteiger partial charge in [0.05, 0.1) is 6.61 Å². The quantitative estimate of drug-likeness (QED) is 0.699. The summed E-state index contributed by atoms with van der Waals surface area (Å²) in [6, 6.07) is 4.56. The van der Waals surface area contributed by atoms with Crippen LogP contribution in [-0.2, 0) is 22.5 Å². The minimum Gasteiger partial charge on any atom is -0.383 e. The highest BCUT2D eigenvalue weighted by Crippen LogP contribution is 2.44. The maximum absolute atomic E-state index is 12.7. The van der Waals surface area contributed by atoms with E-state index >= 15 is 0 Å². The zero-order chi connectivity index (χ0) is 20.8. The SMILES string of the molecule is COC[C@H]1CC2(CCN(C(=O)CCc3cncnc3)CC2)CN1Cc1cccnc1. The summed E-state index contributed by atoms with van der Waals surface area (Å²) < 4.78 is 5.53. The molecular formula is C23H31N5O2. The molecule has 2 fully saturated rings. The molecule has 2 aliphatic rings. The summed E-state index contributed by atoms with van der Waals surface area (Å²) in [6.07, 6.45) is 13.4. The van der Waals surface area contributed by atoms with Gasteiger partial charge in [0, 0.05) is 70.5 Å². The van der Waals surface area contributed by atoms with Crippen LogP contribution in [-0.4, -0.2) is 70.1 Å². The summed E-state index contributed by atoms with van der Waals surface area (Å²) >= 11 is 0. The van der Waals surface area contributed by atoms with Crippen molar-refractivity contribution in [1.29, 1.82) is 0 Å². The lowest BCUT2D eigenvalue weighted by atomic mass is 9.76. The average Bonchev–Trinajstić information content (AvgIpc) is 3.10. The van der Waals surface area contributed by atoms with Crippen molar-refractivity contribution in [3.8, 4) is 0 Å². The molecule has 7 nitrogen and oxygen atoms in total. The lowest BCUT2D eigenvalue weighted by Gasteiger charge is -2.39. The average molecular weight is 410 g/mol. The van der Waals surface area contributed by atoms with Gasteiger partial charge in [-0.1, -0.05) is 6.07 Å². The minimum absolute atomic E-state index is 0.243. The molecule has 0 saturated carbocycles. The molecule has 1 atom stereocenters. The number of methoxy groups -OCH3 is 1. The zero-order valence-electron chi connectivity index (χ0n) is 17.7. The highest BCUT2D eigenvalue weighted by molar-refractivity contribution is 5.76. The molecule has 0 aromatic carbocycles. The molecule has 4 rings (SSSR count). The highest BCUT2D eigenvalue weighted by atomic mass is 16.5. The van der Waals surface area contributed by atoms with Crippen LogP contribution in [0.4, 0.5) is 0 Å². The van der Waals surface area contributed by atoms with Gasteiger partial charge in [-0.15, -0.1) is 0 Å². The Kier molecular flexibility index (Phi) is 6.69. The topological polar surface area (TPSA) is 71.5 Å². The lowest BCUT2D eigenvalue weighted by molar-refractivity contribution is -0.133. The lowest BCUT2D eigenvalue weighted by Crippen LogP contribution is -2.44. The first-order valence-corrected chi connectivity index (χ1v) is 10.8. The molecule has 0 N–H and O–H groups in total. The van der Waals surface area contributed by atoms with Gasteiger partial charge in [0.15, 0.2) is 0 Å². The Morgan fingerprint density at radius 3 is 2.63 bits per heavy atom. The number of ether oxygens (including phenoxy) is 1. The van der Waals surface area contributed by atoms with Crippen molar-refractivity contribution in [2.45, 2.75) is 44.7 Å². The molecule has 0 aliphatic carbocycles. The molecule has 30 heavy (non-hydrogen) atoms. The van der Waals surface area contributed by atoms with Gasteiger partial charge >= 0.3 is 0 Å². The normalized spacial score (nSPS) is 21.2. The largest absolute Gasteiger partial charge is 0.383 e. The van der Waals surface area contributed by atoms with Gasteiger partial charge in [0.2, 0.25) is 5.91 Å². The number of hydrogen-bond acceptors (Lipinski definition) is 6. The number of carbonyl (C=O) groups excluding carboxylic acids is 1. The first kappa shape index (κ1) is 20.9. The van der Waals surface area contributed by atoms with E-state index in [1.807, 2.05) is 23.4 Å². The number of amides is 1. The molecule has 2 aromatic heterocycles. The molecule has 2 aromatic rings. The van der Waals surface area contributed by atoms with E-state index in [-0.39, 0.29) is 11.3 Å². The van der Waals surface area contributed by atoms with Crippen molar-refractivity contribution in [2.75, 3.05) is 33.4 Å². The number of carbonyl (C=O) groups is 1. The molecular weight excluding hydrogens is 378 g/mol. The van der Waals surface area contributed by atoms with E-state index in [0.717, 1.165) is 57.6 Å². The van der Waals surface area contributed by atoms with Crippen LogP contribution in [0.1, 0.15) is 36.8 Å². The molecule has 4 heterocycles. The van der Waals surface area contributed by atoms with Crippen LogP contribution in [0.2, 0.25) is 0 Å². The molecule has 0 radical (unpaired) electrons. The Labute approximate surface area is 178 Å². The number of pyridine rings is 1. The molecule has 7 heteroatoms. The Balaban J connectivity index is 1.32. The fourth-order valence-electron chi connectivity index (χ4n) is 4.98. The summed E-state index contributed by atoms with van der Waals surface area (Å²) in [5, 5.41) is 0. The Hall–Kier alpha value is -2.38. The third-order valence-corrected chi connectivity index (χ3v) is 6.61. The fourth-order valence-corrected chi connectivity index (χ4v) is 4.98. The molecule has 0 bridgehead atoms. The Morgan fingerprint density at radius 2 is 1.93 bits per heavy atom. The number of piperidine rings is 1. The van der Waals surface area contributed by atoms with Crippen molar-refractivity contribution in [1.82, 2.24) is 24.8 Å². The number of rotatable bonds is 7. The number of likely N-dealkylation sites (tertiary alicyclic amines) is 2. The maximum Gasteiger partial charge on any atom is 0.222 e. The molecule has 0 unspecified atom stereocenters. The first-order valence-electron chi connectivity index (χ1n) is 10.8. The Bertz CT molecular complexity index is 809. The number of hydrogen-bond donors (Lipinski definition) is 0. The summed E-state index contributed by atoms with van der Waals surface area (Å²) in [5.74, 6) is 0.243. The summed E-state index contributed by atoms with van der Waals surface area (Å²) in [5.41, 5.74) is 2.55. The maximum atomic E-state index is 12.7. The van der Waals surface area contributed by atoms with Gasteiger partial charge in [0.25, 0.3) is 0 Å². The molecule has 1 spiro atoms. The van der Waals surface area contributed by atoms with E-state index < -0.39 is 0 Å². The predicted molar refractivity (Wildman–Crippen MR) is 114 cm³/mol. The smallest absolute Gasteiger partial charge is 0.222 e. The van der Waals surface area contributed by atoms with Crippen LogP contribution in [0.15, 0.2) is 43.2 Å². The zero-order valence-corrected chi connectivity index (χ0v) is 17.7. The first-order chi connectivity index (χ1) is 14.7. The third kappa shape index (κ3) is 5.02. The second-order valence-electron chi connectivity index (χ2n) is 8.71. The van der Waals surface area contributed by atoms with Crippen LogP contribution < -0.4 is 0 Å². The van der Waals surface area contributed by atoms with Crippen LogP contribution in [0.3, 0.4) is 0 Å². The van der Waals surface area contributed by atoms with E-state index in [0.29, 0.717) is 18.9 Å².